The highest BCUT2D eigenvalue weighted by Gasteiger charge is 2.38. The maximum absolute atomic E-state index is 13.0. The molecular formula is C22H31N3O3. The second kappa shape index (κ2) is 8.76. The summed E-state index contributed by atoms with van der Waals surface area (Å²) in [6.07, 6.45) is 2.48. The molecule has 1 aromatic carbocycles. The molecular weight excluding hydrogens is 354 g/mol. The first-order valence-corrected chi connectivity index (χ1v) is 10.4. The van der Waals surface area contributed by atoms with Crippen LogP contribution in [0.25, 0.3) is 0 Å². The number of carbonyl (C=O) groups excluding carboxylic acids is 3. The minimum Gasteiger partial charge on any atom is -0.352 e. The number of nitrogens with zero attached hydrogens (tertiary/aromatic N) is 2. The molecule has 0 bridgehead atoms. The summed E-state index contributed by atoms with van der Waals surface area (Å²) in [7, 11) is 0. The summed E-state index contributed by atoms with van der Waals surface area (Å²) in [6, 6.07) is 8.04. The van der Waals surface area contributed by atoms with Crippen molar-refractivity contribution >= 4 is 23.4 Å². The zero-order valence-corrected chi connectivity index (χ0v) is 17.1. The summed E-state index contributed by atoms with van der Waals surface area (Å²) >= 11 is 0. The van der Waals surface area contributed by atoms with E-state index in [1.165, 1.54) is 5.56 Å². The summed E-state index contributed by atoms with van der Waals surface area (Å²) in [4.78, 5) is 40.9. The molecule has 6 heteroatoms. The van der Waals surface area contributed by atoms with Gasteiger partial charge in [-0.25, -0.2) is 0 Å². The number of carbonyl (C=O) groups is 3. The Hall–Kier alpha value is -2.37. The lowest BCUT2D eigenvalue weighted by atomic mass is 10.0. The standard InChI is InChI=1S/C22H31N3O3/c1-4-20(26)23-18-8-6-10-24(14-18)22(28)17-12-21(27)25(13-17)19-9-5-7-16(11-19)15(2)3/h5,7,9,11,15,17-18H,4,6,8,10,12-14H2,1-3H3,(H,23,26). The van der Waals surface area contributed by atoms with Gasteiger partial charge in [0.1, 0.15) is 0 Å². The molecule has 2 atom stereocenters. The van der Waals surface area contributed by atoms with Crippen LogP contribution in [0.2, 0.25) is 0 Å². The van der Waals surface area contributed by atoms with Crippen molar-refractivity contribution in [2.75, 3.05) is 24.5 Å². The van der Waals surface area contributed by atoms with Crippen LogP contribution < -0.4 is 10.2 Å². The van der Waals surface area contributed by atoms with Gasteiger partial charge in [-0.15, -0.1) is 0 Å². The maximum Gasteiger partial charge on any atom is 0.228 e. The Labute approximate surface area is 167 Å². The molecule has 0 radical (unpaired) electrons. The molecule has 28 heavy (non-hydrogen) atoms. The van der Waals surface area contributed by atoms with Crippen LogP contribution in [0.4, 0.5) is 5.69 Å². The van der Waals surface area contributed by atoms with Crippen molar-refractivity contribution in [3.8, 4) is 0 Å². The zero-order chi connectivity index (χ0) is 20.3. The molecule has 2 heterocycles. The lowest BCUT2D eigenvalue weighted by Crippen LogP contribution is -2.51. The van der Waals surface area contributed by atoms with Gasteiger partial charge in [0, 0.05) is 44.2 Å². The van der Waals surface area contributed by atoms with E-state index in [4.69, 9.17) is 0 Å². The molecule has 2 saturated heterocycles. The third kappa shape index (κ3) is 4.54. The van der Waals surface area contributed by atoms with Crippen LogP contribution in [-0.2, 0) is 14.4 Å². The van der Waals surface area contributed by atoms with Crippen molar-refractivity contribution < 1.29 is 14.4 Å². The number of likely N-dealkylation sites (tertiary alicyclic amines) is 1. The van der Waals surface area contributed by atoms with Crippen molar-refractivity contribution in [3.63, 3.8) is 0 Å². The topological polar surface area (TPSA) is 69.7 Å². The fraction of sp³-hybridized carbons (Fsp3) is 0.591. The average molecular weight is 386 g/mol. The second-order valence-electron chi connectivity index (χ2n) is 8.20. The molecule has 0 aliphatic carbocycles. The lowest BCUT2D eigenvalue weighted by molar-refractivity contribution is -0.137. The van der Waals surface area contributed by atoms with Crippen LogP contribution in [0.1, 0.15) is 57.9 Å². The largest absolute Gasteiger partial charge is 0.352 e. The number of amides is 3. The molecule has 0 spiro atoms. The van der Waals surface area contributed by atoms with Gasteiger partial charge >= 0.3 is 0 Å². The van der Waals surface area contributed by atoms with Crippen LogP contribution in [0.5, 0.6) is 0 Å². The van der Waals surface area contributed by atoms with Gasteiger partial charge in [0.05, 0.1) is 5.92 Å². The van der Waals surface area contributed by atoms with Crippen molar-refractivity contribution in [3.05, 3.63) is 29.8 Å². The minimum atomic E-state index is -0.309. The second-order valence-corrected chi connectivity index (χ2v) is 8.20. The van der Waals surface area contributed by atoms with Crippen LogP contribution >= 0.6 is 0 Å². The summed E-state index contributed by atoms with van der Waals surface area (Å²) in [5.41, 5.74) is 2.06. The van der Waals surface area contributed by atoms with Gasteiger partial charge in [-0.1, -0.05) is 32.9 Å². The molecule has 152 valence electrons. The summed E-state index contributed by atoms with van der Waals surface area (Å²) in [6.45, 7) is 7.75. The van der Waals surface area contributed by atoms with Crippen molar-refractivity contribution in [2.24, 2.45) is 5.92 Å². The van der Waals surface area contributed by atoms with Gasteiger partial charge in [-0.05, 0) is 36.5 Å². The van der Waals surface area contributed by atoms with E-state index in [-0.39, 0.29) is 36.1 Å². The van der Waals surface area contributed by atoms with E-state index >= 15 is 0 Å². The molecule has 2 aliphatic heterocycles. The fourth-order valence-electron chi connectivity index (χ4n) is 4.06. The van der Waals surface area contributed by atoms with Crippen molar-refractivity contribution in [2.45, 2.75) is 58.4 Å². The van der Waals surface area contributed by atoms with Crippen LogP contribution in [0.15, 0.2) is 24.3 Å². The number of piperidine rings is 1. The van der Waals surface area contributed by atoms with E-state index in [9.17, 15) is 14.4 Å². The third-order valence-corrected chi connectivity index (χ3v) is 5.74. The number of hydrogen-bond donors (Lipinski definition) is 1. The van der Waals surface area contributed by atoms with Gasteiger partial charge < -0.3 is 15.1 Å². The van der Waals surface area contributed by atoms with Crippen LogP contribution in [-0.4, -0.2) is 48.3 Å². The average Bonchev–Trinajstić information content (AvgIpc) is 3.09. The smallest absolute Gasteiger partial charge is 0.228 e. The van der Waals surface area contributed by atoms with Crippen LogP contribution in [0, 0.1) is 5.92 Å². The van der Waals surface area contributed by atoms with Crippen molar-refractivity contribution in [1.29, 1.82) is 0 Å². The molecule has 6 nitrogen and oxygen atoms in total. The first kappa shape index (κ1) is 20.4. The van der Waals surface area contributed by atoms with E-state index in [1.54, 1.807) is 4.90 Å². The number of benzene rings is 1. The molecule has 2 fully saturated rings. The van der Waals surface area contributed by atoms with Gasteiger partial charge in [-0.3, -0.25) is 14.4 Å². The molecule has 2 unspecified atom stereocenters. The Morgan fingerprint density at radius 2 is 2.04 bits per heavy atom. The molecule has 2 aliphatic rings. The molecule has 3 rings (SSSR count). The highest BCUT2D eigenvalue weighted by molar-refractivity contribution is 6.00. The Kier molecular flexibility index (Phi) is 6.37. The highest BCUT2D eigenvalue weighted by atomic mass is 16.2. The van der Waals surface area contributed by atoms with E-state index in [0.717, 1.165) is 18.5 Å². The Morgan fingerprint density at radius 1 is 1.25 bits per heavy atom. The van der Waals surface area contributed by atoms with E-state index in [0.29, 0.717) is 32.0 Å². The maximum atomic E-state index is 13.0. The van der Waals surface area contributed by atoms with E-state index in [2.05, 4.69) is 25.2 Å². The SMILES string of the molecule is CCC(=O)NC1CCCN(C(=O)C2CC(=O)N(c3cccc(C(C)C)c3)C2)C1. The van der Waals surface area contributed by atoms with Gasteiger partial charge in [0.25, 0.3) is 0 Å². The normalized spacial score (nSPS) is 22.6. The number of anilines is 1. The highest BCUT2D eigenvalue weighted by Crippen LogP contribution is 2.29. The fourth-order valence-corrected chi connectivity index (χ4v) is 4.06. The van der Waals surface area contributed by atoms with Crippen molar-refractivity contribution in [1.82, 2.24) is 10.2 Å². The predicted molar refractivity (Wildman–Crippen MR) is 109 cm³/mol. The zero-order valence-electron chi connectivity index (χ0n) is 17.1. The monoisotopic (exact) mass is 385 g/mol. The third-order valence-electron chi connectivity index (χ3n) is 5.74. The summed E-state index contributed by atoms with van der Waals surface area (Å²) < 4.78 is 0. The van der Waals surface area contributed by atoms with E-state index in [1.807, 2.05) is 30.0 Å². The summed E-state index contributed by atoms with van der Waals surface area (Å²) in [5.74, 6) is 0.138. The molecule has 1 aromatic rings. The van der Waals surface area contributed by atoms with E-state index < -0.39 is 0 Å². The quantitative estimate of drug-likeness (QED) is 0.847. The number of rotatable bonds is 5. The Balaban J connectivity index is 1.65. The minimum absolute atomic E-state index is 0.00658. The lowest BCUT2D eigenvalue weighted by Gasteiger charge is -2.34. The van der Waals surface area contributed by atoms with Gasteiger partial charge in [0.15, 0.2) is 0 Å². The molecule has 0 saturated carbocycles. The first-order chi connectivity index (χ1) is 13.4. The van der Waals surface area contributed by atoms with Gasteiger partial charge in [-0.2, -0.15) is 0 Å². The molecule has 1 N–H and O–H groups in total. The predicted octanol–water partition coefficient (Wildman–Crippen LogP) is 2.68. The van der Waals surface area contributed by atoms with Crippen LogP contribution in [0.3, 0.4) is 0 Å². The summed E-state index contributed by atoms with van der Waals surface area (Å²) in [5, 5.41) is 2.99. The number of hydrogen-bond acceptors (Lipinski definition) is 3. The Morgan fingerprint density at radius 3 is 2.75 bits per heavy atom. The molecule has 0 aromatic heterocycles. The number of nitrogens with one attached hydrogen (secondary N) is 1. The molecule has 3 amide bonds. The van der Waals surface area contributed by atoms with Gasteiger partial charge in [0.2, 0.25) is 17.7 Å². The first-order valence-electron chi connectivity index (χ1n) is 10.4. The Bertz CT molecular complexity index is 746.